The third kappa shape index (κ3) is 1.79. The van der Waals surface area contributed by atoms with Crippen molar-refractivity contribution in [1.82, 2.24) is 5.32 Å². The van der Waals surface area contributed by atoms with E-state index >= 15 is 0 Å². The number of methoxy groups -OCH3 is 1. The lowest BCUT2D eigenvalue weighted by Gasteiger charge is -2.10. The number of ether oxygens (including phenoxy) is 2. The third-order valence-corrected chi connectivity index (χ3v) is 2.48. The predicted molar refractivity (Wildman–Crippen MR) is 55.2 cm³/mol. The maximum Gasteiger partial charge on any atom is 0.141 e. The van der Waals surface area contributed by atoms with Crippen LogP contribution in [-0.4, -0.2) is 20.3 Å². The molecule has 0 aromatic heterocycles. The summed E-state index contributed by atoms with van der Waals surface area (Å²) in [4.78, 5) is 0. The molecule has 76 valence electrons. The molecule has 1 heterocycles. The van der Waals surface area contributed by atoms with Crippen LogP contribution in [0.4, 0.5) is 0 Å². The van der Waals surface area contributed by atoms with Crippen molar-refractivity contribution < 1.29 is 9.47 Å². The fourth-order valence-electron chi connectivity index (χ4n) is 1.46. The van der Waals surface area contributed by atoms with Gasteiger partial charge in [-0.25, -0.2) is 0 Å². The van der Waals surface area contributed by atoms with Crippen molar-refractivity contribution in [3.63, 3.8) is 0 Å². The van der Waals surface area contributed by atoms with Gasteiger partial charge in [0.1, 0.15) is 18.1 Å². The highest BCUT2D eigenvalue weighted by Crippen LogP contribution is 2.33. The Morgan fingerprint density at radius 2 is 2.36 bits per heavy atom. The molecule has 0 spiro atoms. The summed E-state index contributed by atoms with van der Waals surface area (Å²) in [5.41, 5.74) is 1.08. The third-order valence-electron chi connectivity index (χ3n) is 2.19. The molecular weight excluding hydrogens is 202 g/mol. The first-order valence-corrected chi connectivity index (χ1v) is 4.89. The Morgan fingerprint density at radius 3 is 3.14 bits per heavy atom. The number of hydrogen-bond donors (Lipinski definition) is 1. The zero-order valence-corrected chi connectivity index (χ0v) is 8.73. The van der Waals surface area contributed by atoms with E-state index in [1.807, 2.05) is 12.1 Å². The van der Waals surface area contributed by atoms with Crippen molar-refractivity contribution in [3.05, 3.63) is 22.7 Å². The molecule has 0 radical (unpaired) electrons. The molecular formula is C10H12ClNO2. The first-order valence-electron chi connectivity index (χ1n) is 4.51. The highest BCUT2D eigenvalue weighted by Gasteiger charge is 2.12. The summed E-state index contributed by atoms with van der Waals surface area (Å²) in [6.07, 6.45) is 0. The normalized spacial score (nSPS) is 15.3. The van der Waals surface area contributed by atoms with Gasteiger partial charge in [0.05, 0.1) is 12.1 Å². The number of benzene rings is 1. The van der Waals surface area contributed by atoms with Crippen LogP contribution in [-0.2, 0) is 6.54 Å². The largest absolute Gasteiger partial charge is 0.495 e. The van der Waals surface area contributed by atoms with Gasteiger partial charge in [-0.15, -0.1) is 0 Å². The minimum absolute atomic E-state index is 0.624. The Hall–Kier alpha value is -0.930. The smallest absolute Gasteiger partial charge is 0.141 e. The van der Waals surface area contributed by atoms with E-state index in [0.717, 1.165) is 24.4 Å². The summed E-state index contributed by atoms with van der Waals surface area (Å²) in [7, 11) is 1.60. The van der Waals surface area contributed by atoms with Crippen molar-refractivity contribution in [2.45, 2.75) is 6.54 Å². The highest BCUT2D eigenvalue weighted by molar-refractivity contribution is 6.32. The molecule has 1 aliphatic heterocycles. The van der Waals surface area contributed by atoms with Crippen molar-refractivity contribution in [2.24, 2.45) is 0 Å². The van der Waals surface area contributed by atoms with Crippen molar-refractivity contribution in [3.8, 4) is 11.5 Å². The van der Waals surface area contributed by atoms with E-state index in [-0.39, 0.29) is 0 Å². The van der Waals surface area contributed by atoms with Gasteiger partial charge < -0.3 is 14.8 Å². The first kappa shape index (κ1) is 9.62. The number of hydrogen-bond acceptors (Lipinski definition) is 3. The second kappa shape index (κ2) is 4.07. The molecule has 0 aliphatic carbocycles. The number of halogens is 1. The number of rotatable bonds is 1. The molecule has 1 N–H and O–H groups in total. The quantitative estimate of drug-likeness (QED) is 0.772. The second-order valence-electron chi connectivity index (χ2n) is 3.12. The van der Waals surface area contributed by atoms with Gasteiger partial charge in [-0.2, -0.15) is 0 Å². The van der Waals surface area contributed by atoms with E-state index < -0.39 is 0 Å². The Bertz CT molecular complexity index is 341. The first-order chi connectivity index (χ1) is 6.81. The predicted octanol–water partition coefficient (Wildman–Crippen LogP) is 1.83. The molecule has 4 heteroatoms. The maximum absolute atomic E-state index is 6.01. The van der Waals surface area contributed by atoms with Gasteiger partial charge in [-0.1, -0.05) is 11.6 Å². The molecule has 0 atom stereocenters. The molecule has 0 amide bonds. The van der Waals surface area contributed by atoms with Gasteiger partial charge in [0.2, 0.25) is 0 Å². The average molecular weight is 214 g/mol. The van der Waals surface area contributed by atoms with Crippen LogP contribution >= 0.6 is 11.6 Å². The molecule has 0 saturated carbocycles. The molecule has 0 bridgehead atoms. The van der Waals surface area contributed by atoms with Crippen LogP contribution in [0, 0.1) is 0 Å². The monoisotopic (exact) mass is 213 g/mol. The molecule has 0 unspecified atom stereocenters. The zero-order valence-electron chi connectivity index (χ0n) is 7.97. The van der Waals surface area contributed by atoms with E-state index in [0.29, 0.717) is 17.4 Å². The minimum Gasteiger partial charge on any atom is -0.495 e. The average Bonchev–Trinajstić information content (AvgIpc) is 2.41. The van der Waals surface area contributed by atoms with Crippen molar-refractivity contribution >= 4 is 11.6 Å². The van der Waals surface area contributed by atoms with Gasteiger partial charge in [-0.05, 0) is 6.07 Å². The topological polar surface area (TPSA) is 30.5 Å². The Balaban J connectivity index is 2.41. The van der Waals surface area contributed by atoms with E-state index in [1.165, 1.54) is 0 Å². The molecule has 1 aromatic carbocycles. The molecule has 2 rings (SSSR count). The molecule has 1 aromatic rings. The van der Waals surface area contributed by atoms with Crippen LogP contribution in [0.3, 0.4) is 0 Å². The second-order valence-corrected chi connectivity index (χ2v) is 3.53. The molecule has 0 saturated heterocycles. The van der Waals surface area contributed by atoms with E-state index in [9.17, 15) is 0 Å². The summed E-state index contributed by atoms with van der Waals surface area (Å²) < 4.78 is 10.7. The number of fused-ring (bicyclic) bond motifs is 1. The SMILES string of the molecule is COc1cc2c(cc1Cl)CNCCO2. The van der Waals surface area contributed by atoms with E-state index in [4.69, 9.17) is 21.1 Å². The fourth-order valence-corrected chi connectivity index (χ4v) is 1.72. The molecule has 0 fully saturated rings. The summed E-state index contributed by atoms with van der Waals surface area (Å²) in [5.74, 6) is 1.52. The van der Waals surface area contributed by atoms with Crippen molar-refractivity contribution in [1.29, 1.82) is 0 Å². The van der Waals surface area contributed by atoms with Gasteiger partial charge in [0.25, 0.3) is 0 Å². The van der Waals surface area contributed by atoms with Gasteiger partial charge in [0, 0.05) is 24.7 Å². The lowest BCUT2D eigenvalue weighted by molar-refractivity contribution is 0.323. The number of nitrogens with one attached hydrogen (secondary N) is 1. The summed E-state index contributed by atoms with van der Waals surface area (Å²) in [5, 5.41) is 3.87. The van der Waals surface area contributed by atoms with Gasteiger partial charge >= 0.3 is 0 Å². The van der Waals surface area contributed by atoms with Crippen LogP contribution in [0.5, 0.6) is 11.5 Å². The standard InChI is InChI=1S/C10H12ClNO2/c1-13-10-5-9-7(4-8(10)11)6-12-2-3-14-9/h4-5,12H,2-3,6H2,1H3. The molecule has 3 nitrogen and oxygen atoms in total. The fraction of sp³-hybridized carbons (Fsp3) is 0.400. The Kier molecular flexibility index (Phi) is 2.79. The zero-order chi connectivity index (χ0) is 9.97. The highest BCUT2D eigenvalue weighted by atomic mass is 35.5. The summed E-state index contributed by atoms with van der Waals surface area (Å²) >= 11 is 6.01. The Labute approximate surface area is 88.0 Å². The summed E-state index contributed by atoms with van der Waals surface area (Å²) in [6, 6.07) is 3.72. The van der Waals surface area contributed by atoms with Crippen molar-refractivity contribution in [2.75, 3.05) is 20.3 Å². The maximum atomic E-state index is 6.01. The lowest BCUT2D eigenvalue weighted by Crippen LogP contribution is -2.16. The van der Waals surface area contributed by atoms with E-state index in [1.54, 1.807) is 7.11 Å². The van der Waals surface area contributed by atoms with Gasteiger partial charge in [0.15, 0.2) is 0 Å². The van der Waals surface area contributed by atoms with Crippen LogP contribution in [0.2, 0.25) is 5.02 Å². The van der Waals surface area contributed by atoms with Crippen LogP contribution in [0.25, 0.3) is 0 Å². The minimum atomic E-state index is 0.624. The van der Waals surface area contributed by atoms with Gasteiger partial charge in [-0.3, -0.25) is 0 Å². The lowest BCUT2D eigenvalue weighted by atomic mass is 10.2. The molecule has 14 heavy (non-hydrogen) atoms. The van der Waals surface area contributed by atoms with Crippen LogP contribution in [0.15, 0.2) is 12.1 Å². The summed E-state index contributed by atoms with van der Waals surface area (Å²) in [6.45, 7) is 2.32. The van der Waals surface area contributed by atoms with Crippen LogP contribution in [0.1, 0.15) is 5.56 Å². The van der Waals surface area contributed by atoms with E-state index in [2.05, 4.69) is 5.32 Å². The molecule has 1 aliphatic rings. The van der Waals surface area contributed by atoms with Crippen LogP contribution < -0.4 is 14.8 Å². The Morgan fingerprint density at radius 1 is 1.50 bits per heavy atom.